The van der Waals surface area contributed by atoms with E-state index in [9.17, 15) is 9.59 Å². The molecule has 1 aliphatic rings. The summed E-state index contributed by atoms with van der Waals surface area (Å²) in [7, 11) is 0. The van der Waals surface area contributed by atoms with Crippen LogP contribution in [0.4, 0.5) is 0 Å². The molecule has 1 aliphatic heterocycles. The minimum atomic E-state index is -0.290. The molecule has 0 saturated carbocycles. The molecule has 2 amide bonds. The lowest BCUT2D eigenvalue weighted by Crippen LogP contribution is -2.35. The van der Waals surface area contributed by atoms with E-state index in [-0.39, 0.29) is 22.6 Å². The van der Waals surface area contributed by atoms with Gasteiger partial charge in [0, 0.05) is 16.5 Å². The van der Waals surface area contributed by atoms with Gasteiger partial charge in [0.25, 0.3) is 11.8 Å². The van der Waals surface area contributed by atoms with Gasteiger partial charge in [-0.2, -0.15) is 0 Å². The van der Waals surface area contributed by atoms with Crippen molar-refractivity contribution in [1.82, 2.24) is 5.32 Å². The Morgan fingerprint density at radius 1 is 0.720 bits per heavy atom. The highest BCUT2D eigenvalue weighted by Crippen LogP contribution is 2.33. The van der Waals surface area contributed by atoms with Crippen molar-refractivity contribution in [3.8, 4) is 0 Å². The van der Waals surface area contributed by atoms with Gasteiger partial charge in [0.15, 0.2) is 0 Å². The maximum Gasteiger partial charge on any atom is 0.258 e. The largest absolute Gasteiger partial charge is 0.288 e. The smallest absolute Gasteiger partial charge is 0.258 e. The number of benzene rings is 2. The SMILES string of the molecule is CC(C)(C)Cc1cc2c3c(cc(CC(C)(C)C)cc3c1)C(=O)NC2=O. The van der Waals surface area contributed by atoms with Crippen LogP contribution >= 0.6 is 0 Å². The van der Waals surface area contributed by atoms with Crippen molar-refractivity contribution in [2.45, 2.75) is 54.4 Å². The first-order chi connectivity index (χ1) is 11.4. The van der Waals surface area contributed by atoms with E-state index in [4.69, 9.17) is 0 Å². The average Bonchev–Trinajstić information content (AvgIpc) is 2.40. The fraction of sp³-hybridized carbons (Fsp3) is 0.455. The van der Waals surface area contributed by atoms with Crippen molar-refractivity contribution in [3.63, 3.8) is 0 Å². The number of hydrogen-bond acceptors (Lipinski definition) is 2. The van der Waals surface area contributed by atoms with Gasteiger partial charge in [0.05, 0.1) is 0 Å². The second kappa shape index (κ2) is 5.69. The zero-order valence-electron chi connectivity index (χ0n) is 16.0. The Balaban J connectivity index is 2.25. The summed E-state index contributed by atoms with van der Waals surface area (Å²) < 4.78 is 0. The molecule has 25 heavy (non-hydrogen) atoms. The molecule has 0 aromatic heterocycles. The summed E-state index contributed by atoms with van der Waals surface area (Å²) in [5.74, 6) is -0.580. The van der Waals surface area contributed by atoms with Crippen LogP contribution in [0.3, 0.4) is 0 Å². The number of carbonyl (C=O) groups is 2. The van der Waals surface area contributed by atoms with Crippen molar-refractivity contribution in [3.05, 3.63) is 46.5 Å². The van der Waals surface area contributed by atoms with Crippen LogP contribution in [-0.4, -0.2) is 11.8 Å². The monoisotopic (exact) mass is 337 g/mol. The lowest BCUT2D eigenvalue weighted by molar-refractivity contribution is 0.0844. The van der Waals surface area contributed by atoms with Gasteiger partial charge in [-0.1, -0.05) is 53.7 Å². The van der Waals surface area contributed by atoms with Crippen molar-refractivity contribution in [1.29, 1.82) is 0 Å². The molecular weight excluding hydrogens is 310 g/mol. The minimum absolute atomic E-state index is 0.132. The quantitative estimate of drug-likeness (QED) is 0.792. The molecule has 132 valence electrons. The standard InChI is InChI=1S/C22H27NO2/c1-21(2,3)11-13-7-15-8-14(12-22(4,5)6)10-17-18(15)16(9-13)19(24)23-20(17)25/h7-10H,11-12H2,1-6H3,(H,23,24,25). The highest BCUT2D eigenvalue weighted by Gasteiger charge is 2.27. The molecule has 0 aliphatic carbocycles. The summed E-state index contributed by atoms with van der Waals surface area (Å²) in [4.78, 5) is 24.8. The Kier molecular flexibility index (Phi) is 4.02. The molecule has 0 bridgehead atoms. The second-order valence-electron chi connectivity index (χ2n) is 9.64. The third kappa shape index (κ3) is 3.76. The van der Waals surface area contributed by atoms with E-state index < -0.39 is 0 Å². The zero-order chi connectivity index (χ0) is 18.6. The van der Waals surface area contributed by atoms with E-state index in [0.717, 1.165) is 34.7 Å². The fourth-order valence-corrected chi connectivity index (χ4v) is 3.66. The summed E-state index contributed by atoms with van der Waals surface area (Å²) in [6.45, 7) is 13.1. The van der Waals surface area contributed by atoms with Crippen LogP contribution in [0, 0.1) is 10.8 Å². The normalized spacial score (nSPS) is 14.8. The van der Waals surface area contributed by atoms with Crippen LogP contribution in [-0.2, 0) is 12.8 Å². The van der Waals surface area contributed by atoms with E-state index in [1.54, 1.807) is 0 Å². The van der Waals surface area contributed by atoms with Gasteiger partial charge in [-0.25, -0.2) is 0 Å². The molecule has 0 fully saturated rings. The first-order valence-corrected chi connectivity index (χ1v) is 8.88. The van der Waals surface area contributed by atoms with Crippen LogP contribution < -0.4 is 5.32 Å². The summed E-state index contributed by atoms with van der Waals surface area (Å²) in [5, 5.41) is 4.29. The van der Waals surface area contributed by atoms with Crippen LogP contribution in [0.2, 0.25) is 0 Å². The van der Waals surface area contributed by atoms with Gasteiger partial charge in [-0.05, 0) is 52.3 Å². The van der Waals surface area contributed by atoms with E-state index in [2.05, 4.69) is 59.0 Å². The van der Waals surface area contributed by atoms with Gasteiger partial charge in [0.2, 0.25) is 0 Å². The lowest BCUT2D eigenvalue weighted by Gasteiger charge is -2.24. The van der Waals surface area contributed by atoms with E-state index in [1.165, 1.54) is 0 Å². The predicted octanol–water partition coefficient (Wildman–Crippen LogP) is 4.90. The van der Waals surface area contributed by atoms with E-state index >= 15 is 0 Å². The minimum Gasteiger partial charge on any atom is -0.288 e. The summed E-state index contributed by atoms with van der Waals surface area (Å²) in [6.07, 6.45) is 1.77. The van der Waals surface area contributed by atoms with Crippen molar-refractivity contribution >= 4 is 22.6 Å². The molecule has 2 aromatic carbocycles. The third-order valence-corrected chi connectivity index (χ3v) is 4.35. The Morgan fingerprint density at radius 3 is 1.48 bits per heavy atom. The number of amides is 2. The van der Waals surface area contributed by atoms with E-state index in [1.807, 2.05) is 12.1 Å². The van der Waals surface area contributed by atoms with E-state index in [0.29, 0.717) is 11.1 Å². The molecule has 0 atom stereocenters. The van der Waals surface area contributed by atoms with Crippen LogP contribution in [0.15, 0.2) is 24.3 Å². The van der Waals surface area contributed by atoms with Crippen LogP contribution in [0.1, 0.15) is 73.4 Å². The molecule has 0 spiro atoms. The Labute approximate surface area is 149 Å². The average molecular weight is 337 g/mol. The zero-order valence-corrected chi connectivity index (χ0v) is 16.0. The lowest BCUT2D eigenvalue weighted by atomic mass is 9.83. The molecule has 0 saturated heterocycles. The number of hydrogen-bond donors (Lipinski definition) is 1. The molecule has 0 unspecified atom stereocenters. The van der Waals surface area contributed by atoms with Gasteiger partial charge in [-0.3, -0.25) is 14.9 Å². The molecule has 1 heterocycles. The maximum atomic E-state index is 12.4. The highest BCUT2D eigenvalue weighted by molar-refractivity contribution is 6.25. The predicted molar refractivity (Wildman–Crippen MR) is 102 cm³/mol. The first-order valence-electron chi connectivity index (χ1n) is 8.88. The molecule has 3 heteroatoms. The molecule has 1 N–H and O–H groups in total. The van der Waals surface area contributed by atoms with Gasteiger partial charge in [-0.15, -0.1) is 0 Å². The van der Waals surface area contributed by atoms with Gasteiger partial charge in [0.1, 0.15) is 0 Å². The molecule has 2 aromatic rings. The van der Waals surface area contributed by atoms with Crippen LogP contribution in [0.25, 0.3) is 10.8 Å². The Hall–Kier alpha value is -2.16. The number of imide groups is 1. The highest BCUT2D eigenvalue weighted by atomic mass is 16.2. The number of nitrogens with one attached hydrogen (secondary N) is 1. The summed E-state index contributed by atoms with van der Waals surface area (Å²) >= 11 is 0. The number of carbonyl (C=O) groups excluding carboxylic acids is 2. The Bertz CT molecular complexity index is 811. The third-order valence-electron chi connectivity index (χ3n) is 4.35. The molecule has 3 nitrogen and oxygen atoms in total. The molecular formula is C22H27NO2. The Morgan fingerprint density at radius 2 is 1.12 bits per heavy atom. The summed E-state index contributed by atoms with van der Waals surface area (Å²) in [6, 6.07) is 8.18. The topological polar surface area (TPSA) is 46.2 Å². The van der Waals surface area contributed by atoms with Crippen molar-refractivity contribution < 1.29 is 9.59 Å². The molecule has 3 rings (SSSR count). The van der Waals surface area contributed by atoms with Crippen molar-refractivity contribution in [2.24, 2.45) is 10.8 Å². The summed E-state index contributed by atoms with van der Waals surface area (Å²) in [5.41, 5.74) is 3.78. The first kappa shape index (κ1) is 17.7. The van der Waals surface area contributed by atoms with Crippen LogP contribution in [0.5, 0.6) is 0 Å². The van der Waals surface area contributed by atoms with Gasteiger partial charge < -0.3 is 0 Å². The second-order valence-corrected chi connectivity index (χ2v) is 9.64. The fourth-order valence-electron chi connectivity index (χ4n) is 3.66. The maximum absolute atomic E-state index is 12.4. The van der Waals surface area contributed by atoms with Gasteiger partial charge >= 0.3 is 0 Å². The number of rotatable bonds is 2. The molecule has 0 radical (unpaired) electrons. The van der Waals surface area contributed by atoms with Crippen molar-refractivity contribution in [2.75, 3.05) is 0 Å².